The van der Waals surface area contributed by atoms with E-state index < -0.39 is 0 Å². The van der Waals surface area contributed by atoms with E-state index in [1.165, 1.54) is 24.1 Å². The second-order valence-electron chi connectivity index (χ2n) is 7.24. The van der Waals surface area contributed by atoms with Crippen molar-refractivity contribution in [2.24, 2.45) is 4.99 Å². The smallest absolute Gasteiger partial charge is 0.191 e. The van der Waals surface area contributed by atoms with E-state index >= 15 is 0 Å². The Labute approximate surface area is 183 Å². The van der Waals surface area contributed by atoms with Crippen molar-refractivity contribution in [3.63, 3.8) is 0 Å². The predicted octanol–water partition coefficient (Wildman–Crippen LogP) is 3.81. The fourth-order valence-corrected chi connectivity index (χ4v) is 3.68. The number of halogens is 2. The third kappa shape index (κ3) is 5.44. The molecule has 3 N–H and O–H groups in total. The van der Waals surface area contributed by atoms with E-state index in [2.05, 4.69) is 15.6 Å². The molecule has 2 aromatic rings. The summed E-state index contributed by atoms with van der Waals surface area (Å²) in [7, 11) is 1.75. The normalized spacial score (nSPS) is 16.5. The van der Waals surface area contributed by atoms with Gasteiger partial charge in [0.15, 0.2) is 5.96 Å². The van der Waals surface area contributed by atoms with E-state index in [1.807, 2.05) is 42.5 Å². The van der Waals surface area contributed by atoms with Gasteiger partial charge >= 0.3 is 0 Å². The van der Waals surface area contributed by atoms with Crippen LogP contribution in [-0.4, -0.2) is 37.8 Å². The Morgan fingerprint density at radius 2 is 1.79 bits per heavy atom. The zero-order valence-corrected chi connectivity index (χ0v) is 18.5. The first kappa shape index (κ1) is 22.6. The average molecular weight is 497 g/mol. The third-order valence-electron chi connectivity index (χ3n) is 5.59. The maximum Gasteiger partial charge on any atom is 0.191 e. The Kier molecular flexibility index (Phi) is 8.69. The highest BCUT2D eigenvalue weighted by atomic mass is 127. The topological polar surface area (TPSA) is 56.7 Å². The number of hydrogen-bond acceptors (Lipinski definition) is 2. The van der Waals surface area contributed by atoms with Gasteiger partial charge < -0.3 is 15.7 Å². The summed E-state index contributed by atoms with van der Waals surface area (Å²) in [6, 6.07) is 16.8. The van der Waals surface area contributed by atoms with Crippen LogP contribution in [0.25, 0.3) is 0 Å². The zero-order chi connectivity index (χ0) is 19.1. The molecule has 2 aromatic carbocycles. The fraction of sp³-hybridized carbons (Fsp3) is 0.409. The van der Waals surface area contributed by atoms with Crippen molar-refractivity contribution in [1.82, 2.24) is 10.6 Å². The van der Waals surface area contributed by atoms with Crippen LogP contribution in [0.15, 0.2) is 59.6 Å². The monoisotopic (exact) mass is 497 g/mol. The molecule has 0 aliphatic heterocycles. The molecular weight excluding hydrogens is 468 g/mol. The number of nitrogens with one attached hydrogen (secondary N) is 2. The van der Waals surface area contributed by atoms with E-state index in [1.54, 1.807) is 7.05 Å². The largest absolute Gasteiger partial charge is 0.396 e. The van der Waals surface area contributed by atoms with E-state index in [9.17, 15) is 9.50 Å². The minimum atomic E-state index is -0.199. The molecule has 0 bridgehead atoms. The molecule has 1 aliphatic rings. The van der Waals surface area contributed by atoms with Gasteiger partial charge in [-0.05, 0) is 36.1 Å². The summed E-state index contributed by atoms with van der Waals surface area (Å²) in [6.07, 6.45) is 3.36. The molecule has 0 radical (unpaired) electrons. The van der Waals surface area contributed by atoms with Crippen molar-refractivity contribution >= 4 is 29.9 Å². The molecule has 1 atom stereocenters. The van der Waals surface area contributed by atoms with E-state index in [0.29, 0.717) is 6.54 Å². The molecule has 0 aromatic heterocycles. The zero-order valence-electron chi connectivity index (χ0n) is 16.2. The first-order valence-corrected chi connectivity index (χ1v) is 9.53. The number of aliphatic imine (C=N–C) groups is 1. The van der Waals surface area contributed by atoms with Crippen LogP contribution in [0.5, 0.6) is 0 Å². The van der Waals surface area contributed by atoms with Crippen molar-refractivity contribution in [2.75, 3.05) is 26.7 Å². The Morgan fingerprint density at radius 3 is 2.32 bits per heavy atom. The quantitative estimate of drug-likeness (QED) is 0.310. The molecule has 1 aliphatic carbocycles. The maximum atomic E-state index is 13.2. The van der Waals surface area contributed by atoms with E-state index in [0.717, 1.165) is 30.9 Å². The minimum Gasteiger partial charge on any atom is -0.396 e. The molecule has 0 amide bonds. The number of aliphatic hydroxyl groups is 1. The second-order valence-corrected chi connectivity index (χ2v) is 7.24. The van der Waals surface area contributed by atoms with Crippen LogP contribution in [-0.2, 0) is 5.41 Å². The van der Waals surface area contributed by atoms with Crippen LogP contribution < -0.4 is 10.6 Å². The average Bonchev–Trinajstić information content (AvgIpc) is 2.68. The number of hydrogen-bond donors (Lipinski definition) is 3. The van der Waals surface area contributed by atoms with Crippen LogP contribution in [0, 0.1) is 5.82 Å². The van der Waals surface area contributed by atoms with Crippen molar-refractivity contribution in [3.8, 4) is 0 Å². The molecule has 152 valence electrons. The number of rotatable bonds is 7. The summed E-state index contributed by atoms with van der Waals surface area (Å²) in [5, 5.41) is 16.5. The lowest BCUT2D eigenvalue weighted by Crippen LogP contribution is -2.49. The molecule has 0 saturated heterocycles. The molecule has 0 heterocycles. The van der Waals surface area contributed by atoms with Crippen LogP contribution >= 0.6 is 24.0 Å². The van der Waals surface area contributed by atoms with Crippen LogP contribution in [0.1, 0.15) is 36.3 Å². The molecule has 6 heteroatoms. The SMILES string of the molecule is CN=C(NCC(CO)c1ccccc1)NCC1(c2ccc(F)cc2)CCC1.I. The third-order valence-corrected chi connectivity index (χ3v) is 5.59. The molecule has 1 unspecified atom stereocenters. The molecule has 1 fully saturated rings. The molecular formula is C22H29FIN3O. The van der Waals surface area contributed by atoms with Gasteiger partial charge in [-0.15, -0.1) is 24.0 Å². The van der Waals surface area contributed by atoms with Crippen molar-refractivity contribution < 1.29 is 9.50 Å². The summed E-state index contributed by atoms with van der Waals surface area (Å²) in [4.78, 5) is 4.31. The van der Waals surface area contributed by atoms with Gasteiger partial charge in [-0.3, -0.25) is 4.99 Å². The number of guanidine groups is 1. The molecule has 3 rings (SSSR count). The molecule has 28 heavy (non-hydrogen) atoms. The summed E-state index contributed by atoms with van der Waals surface area (Å²) < 4.78 is 13.2. The van der Waals surface area contributed by atoms with Crippen LogP contribution in [0.2, 0.25) is 0 Å². The van der Waals surface area contributed by atoms with Crippen molar-refractivity contribution in [1.29, 1.82) is 0 Å². The number of aliphatic hydroxyl groups excluding tert-OH is 1. The van der Waals surface area contributed by atoms with Gasteiger partial charge in [-0.25, -0.2) is 4.39 Å². The van der Waals surface area contributed by atoms with Gasteiger partial charge in [0.1, 0.15) is 5.82 Å². The summed E-state index contributed by atoms with van der Waals surface area (Å²) in [5.41, 5.74) is 2.32. The number of benzene rings is 2. The van der Waals surface area contributed by atoms with Gasteiger partial charge in [-0.2, -0.15) is 0 Å². The molecule has 4 nitrogen and oxygen atoms in total. The first-order chi connectivity index (χ1) is 13.2. The minimum absolute atomic E-state index is 0. The lowest BCUT2D eigenvalue weighted by atomic mass is 9.64. The van der Waals surface area contributed by atoms with Gasteiger partial charge in [0.25, 0.3) is 0 Å². The lowest BCUT2D eigenvalue weighted by Gasteiger charge is -2.43. The van der Waals surface area contributed by atoms with Gasteiger partial charge in [-0.1, -0.05) is 48.9 Å². The summed E-state index contributed by atoms with van der Waals surface area (Å²) in [6.45, 7) is 1.44. The van der Waals surface area contributed by atoms with E-state index in [4.69, 9.17) is 0 Å². The Balaban J connectivity index is 0.00000280. The Morgan fingerprint density at radius 1 is 1.11 bits per heavy atom. The highest BCUT2D eigenvalue weighted by Crippen LogP contribution is 2.43. The fourth-order valence-electron chi connectivity index (χ4n) is 3.68. The van der Waals surface area contributed by atoms with Gasteiger partial charge in [0.05, 0.1) is 6.61 Å². The van der Waals surface area contributed by atoms with Crippen molar-refractivity contribution in [2.45, 2.75) is 30.6 Å². The standard InChI is InChI=1S/C22H28FN3O.HI/c1-24-21(25-14-18(15-27)17-6-3-2-4-7-17)26-16-22(12-5-13-22)19-8-10-20(23)11-9-19;/h2-4,6-11,18,27H,5,12-16H2,1H3,(H2,24,25,26);1H. The first-order valence-electron chi connectivity index (χ1n) is 9.53. The molecule has 1 saturated carbocycles. The van der Waals surface area contributed by atoms with Gasteiger partial charge in [0.2, 0.25) is 0 Å². The summed E-state index contributed by atoms with van der Waals surface area (Å²) in [5.74, 6) is 0.534. The maximum absolute atomic E-state index is 13.2. The lowest BCUT2D eigenvalue weighted by molar-refractivity contribution is 0.243. The van der Waals surface area contributed by atoms with E-state index in [-0.39, 0.29) is 47.7 Å². The van der Waals surface area contributed by atoms with Crippen molar-refractivity contribution in [3.05, 3.63) is 71.5 Å². The van der Waals surface area contributed by atoms with Crippen LogP contribution in [0.4, 0.5) is 4.39 Å². The Hall–Kier alpha value is -1.67. The predicted molar refractivity (Wildman–Crippen MR) is 123 cm³/mol. The highest BCUT2D eigenvalue weighted by molar-refractivity contribution is 14.0. The molecule has 0 spiro atoms. The highest BCUT2D eigenvalue weighted by Gasteiger charge is 2.38. The number of nitrogens with zero attached hydrogens (tertiary/aromatic N) is 1. The summed E-state index contributed by atoms with van der Waals surface area (Å²) >= 11 is 0. The Bertz CT molecular complexity index is 748. The second kappa shape index (κ2) is 10.8. The van der Waals surface area contributed by atoms with Gasteiger partial charge in [0, 0.05) is 31.5 Å². The van der Waals surface area contributed by atoms with Crippen LogP contribution in [0.3, 0.4) is 0 Å².